The van der Waals surface area contributed by atoms with Crippen molar-refractivity contribution in [1.82, 2.24) is 14.7 Å². The van der Waals surface area contributed by atoms with Crippen molar-refractivity contribution in [1.29, 1.82) is 0 Å². The van der Waals surface area contributed by atoms with Gasteiger partial charge in [-0.05, 0) is 33.9 Å². The topological polar surface area (TPSA) is 21.1 Å². The number of aryl methyl sites for hydroxylation is 1. The lowest BCUT2D eigenvalue weighted by atomic mass is 10.1. The van der Waals surface area contributed by atoms with E-state index >= 15 is 0 Å². The molecule has 1 aliphatic heterocycles. The molecule has 2 heterocycles. The molecule has 0 bridgehead atoms. The Hall–Kier alpha value is -0.830. The molecule has 1 aromatic heterocycles. The van der Waals surface area contributed by atoms with Gasteiger partial charge >= 0.3 is 0 Å². The fourth-order valence-corrected chi connectivity index (χ4v) is 2.02. The zero-order chi connectivity index (χ0) is 9.59. The average Bonchev–Trinajstić information content (AvgIpc) is 2.42. The van der Waals surface area contributed by atoms with E-state index in [-0.39, 0.29) is 0 Å². The summed E-state index contributed by atoms with van der Waals surface area (Å²) in [5.74, 6) is 0. The molecule has 72 valence electrons. The van der Waals surface area contributed by atoms with Crippen LogP contribution in [0.3, 0.4) is 0 Å². The summed E-state index contributed by atoms with van der Waals surface area (Å²) in [7, 11) is 2.18. The summed E-state index contributed by atoms with van der Waals surface area (Å²) >= 11 is 0. The number of nitrogens with zero attached hydrogens (tertiary/aromatic N) is 3. The molecule has 13 heavy (non-hydrogen) atoms. The molecule has 0 unspecified atom stereocenters. The first-order valence-corrected chi connectivity index (χ1v) is 4.86. The largest absolute Gasteiger partial charge is 0.294 e. The molecule has 3 heteroatoms. The number of rotatable bonds is 0. The molecule has 0 fully saturated rings. The van der Waals surface area contributed by atoms with Crippen molar-refractivity contribution in [2.75, 3.05) is 7.05 Å². The zero-order valence-corrected chi connectivity index (χ0v) is 8.78. The maximum atomic E-state index is 4.48. The van der Waals surface area contributed by atoms with Crippen molar-refractivity contribution in [3.8, 4) is 0 Å². The van der Waals surface area contributed by atoms with Crippen molar-refractivity contribution in [3.05, 3.63) is 17.5 Å². The van der Waals surface area contributed by atoms with Crippen LogP contribution in [0.4, 0.5) is 0 Å². The Kier molecular flexibility index (Phi) is 1.91. The third-order valence-electron chi connectivity index (χ3n) is 3.10. The molecular weight excluding hydrogens is 162 g/mol. The molecule has 0 N–H and O–H groups in total. The molecule has 3 nitrogen and oxygen atoms in total. The van der Waals surface area contributed by atoms with Crippen LogP contribution in [-0.4, -0.2) is 27.8 Å². The lowest BCUT2D eigenvalue weighted by molar-refractivity contribution is 0.137. The molecule has 0 aliphatic carbocycles. The van der Waals surface area contributed by atoms with E-state index in [1.54, 1.807) is 0 Å². The molecule has 0 spiro atoms. The lowest BCUT2D eigenvalue weighted by Gasteiger charge is -2.36. The van der Waals surface area contributed by atoms with Crippen LogP contribution < -0.4 is 0 Å². The van der Waals surface area contributed by atoms with E-state index in [1.165, 1.54) is 5.69 Å². The second-order valence-electron chi connectivity index (χ2n) is 4.08. The standard InChI is InChI=1S/C10H17N3/c1-7-5-10-9(3)12(4)8(2)6-13(10)11-7/h5,8-9H,6H2,1-4H3/t8-,9-/m0/s1. The first-order valence-electron chi connectivity index (χ1n) is 4.86. The Morgan fingerprint density at radius 3 is 2.85 bits per heavy atom. The normalized spacial score (nSPS) is 28.9. The van der Waals surface area contributed by atoms with E-state index in [0.717, 1.165) is 12.2 Å². The lowest BCUT2D eigenvalue weighted by Crippen LogP contribution is -2.40. The van der Waals surface area contributed by atoms with Crippen molar-refractivity contribution in [2.45, 2.75) is 39.4 Å². The SMILES string of the molecule is Cc1cc2n(n1)C[C@H](C)N(C)[C@H]2C. The third kappa shape index (κ3) is 1.27. The number of fused-ring (bicyclic) bond motifs is 1. The van der Waals surface area contributed by atoms with E-state index in [9.17, 15) is 0 Å². The van der Waals surface area contributed by atoms with Gasteiger partial charge in [-0.25, -0.2) is 0 Å². The predicted octanol–water partition coefficient (Wildman–Crippen LogP) is 1.59. The zero-order valence-electron chi connectivity index (χ0n) is 8.78. The van der Waals surface area contributed by atoms with Crippen molar-refractivity contribution in [2.24, 2.45) is 0 Å². The number of likely N-dealkylation sites (N-methyl/N-ethyl adjacent to an activating group) is 1. The number of hydrogen-bond acceptors (Lipinski definition) is 2. The number of aromatic nitrogens is 2. The molecule has 2 rings (SSSR count). The summed E-state index contributed by atoms with van der Waals surface area (Å²) in [4.78, 5) is 2.40. The van der Waals surface area contributed by atoms with Gasteiger partial charge in [0, 0.05) is 12.1 Å². The summed E-state index contributed by atoms with van der Waals surface area (Å²) < 4.78 is 2.14. The summed E-state index contributed by atoms with van der Waals surface area (Å²) in [6, 6.07) is 3.26. The van der Waals surface area contributed by atoms with Crippen LogP contribution in [-0.2, 0) is 6.54 Å². The molecule has 0 saturated carbocycles. The van der Waals surface area contributed by atoms with E-state index in [2.05, 4.69) is 48.6 Å². The molecule has 0 saturated heterocycles. The first-order chi connectivity index (χ1) is 6.09. The highest BCUT2D eigenvalue weighted by atomic mass is 15.4. The second-order valence-corrected chi connectivity index (χ2v) is 4.08. The molecule has 2 atom stereocenters. The van der Waals surface area contributed by atoms with Crippen LogP contribution >= 0.6 is 0 Å². The summed E-state index contributed by atoms with van der Waals surface area (Å²) in [6.45, 7) is 7.56. The van der Waals surface area contributed by atoms with Crippen LogP contribution in [0.25, 0.3) is 0 Å². The Bertz CT molecular complexity index is 316. The number of hydrogen-bond donors (Lipinski definition) is 0. The van der Waals surface area contributed by atoms with E-state index < -0.39 is 0 Å². The van der Waals surface area contributed by atoms with Gasteiger partial charge < -0.3 is 0 Å². The Morgan fingerprint density at radius 1 is 1.46 bits per heavy atom. The van der Waals surface area contributed by atoms with Crippen LogP contribution in [0.15, 0.2) is 6.07 Å². The van der Waals surface area contributed by atoms with Gasteiger partial charge in [-0.1, -0.05) is 0 Å². The highest BCUT2D eigenvalue weighted by Crippen LogP contribution is 2.26. The van der Waals surface area contributed by atoms with Crippen molar-refractivity contribution < 1.29 is 0 Å². The van der Waals surface area contributed by atoms with Crippen LogP contribution in [0.5, 0.6) is 0 Å². The molecular formula is C10H17N3. The van der Waals surface area contributed by atoms with E-state index in [4.69, 9.17) is 0 Å². The molecule has 0 radical (unpaired) electrons. The van der Waals surface area contributed by atoms with E-state index in [0.29, 0.717) is 12.1 Å². The van der Waals surface area contributed by atoms with Crippen molar-refractivity contribution >= 4 is 0 Å². The van der Waals surface area contributed by atoms with Crippen LogP contribution in [0, 0.1) is 6.92 Å². The highest BCUT2D eigenvalue weighted by Gasteiger charge is 2.26. The van der Waals surface area contributed by atoms with Crippen LogP contribution in [0.2, 0.25) is 0 Å². The van der Waals surface area contributed by atoms with Crippen molar-refractivity contribution in [3.63, 3.8) is 0 Å². The Balaban J connectivity index is 2.42. The smallest absolute Gasteiger partial charge is 0.0597 e. The first kappa shape index (κ1) is 8.75. The fraction of sp³-hybridized carbons (Fsp3) is 0.700. The van der Waals surface area contributed by atoms with Gasteiger partial charge in [-0.15, -0.1) is 0 Å². The van der Waals surface area contributed by atoms with Gasteiger partial charge in [0.25, 0.3) is 0 Å². The van der Waals surface area contributed by atoms with E-state index in [1.807, 2.05) is 0 Å². The highest BCUT2D eigenvalue weighted by molar-refractivity contribution is 5.15. The van der Waals surface area contributed by atoms with Gasteiger partial charge in [0.2, 0.25) is 0 Å². The summed E-state index contributed by atoms with van der Waals surface area (Å²) in [5.41, 5.74) is 2.47. The van der Waals surface area contributed by atoms with Gasteiger partial charge in [-0.3, -0.25) is 9.58 Å². The summed E-state index contributed by atoms with van der Waals surface area (Å²) in [5, 5.41) is 4.48. The maximum Gasteiger partial charge on any atom is 0.0597 e. The summed E-state index contributed by atoms with van der Waals surface area (Å²) in [6.07, 6.45) is 0. The maximum absolute atomic E-state index is 4.48. The second kappa shape index (κ2) is 2.84. The van der Waals surface area contributed by atoms with Gasteiger partial charge in [0.15, 0.2) is 0 Å². The van der Waals surface area contributed by atoms with Crippen LogP contribution in [0.1, 0.15) is 31.3 Å². The minimum absolute atomic E-state index is 0.491. The Labute approximate surface area is 79.3 Å². The molecule has 0 amide bonds. The van der Waals surface area contributed by atoms with Gasteiger partial charge in [-0.2, -0.15) is 5.10 Å². The molecule has 1 aromatic rings. The molecule has 0 aromatic carbocycles. The van der Waals surface area contributed by atoms with Gasteiger partial charge in [0.1, 0.15) is 0 Å². The quantitative estimate of drug-likeness (QED) is 0.603. The minimum Gasteiger partial charge on any atom is -0.294 e. The minimum atomic E-state index is 0.491. The monoisotopic (exact) mass is 179 g/mol. The predicted molar refractivity (Wildman–Crippen MR) is 52.6 cm³/mol. The third-order valence-corrected chi connectivity index (χ3v) is 3.10. The van der Waals surface area contributed by atoms with Gasteiger partial charge in [0.05, 0.1) is 17.9 Å². The fourth-order valence-electron chi connectivity index (χ4n) is 2.02. The Morgan fingerprint density at radius 2 is 2.15 bits per heavy atom. The molecule has 1 aliphatic rings. The average molecular weight is 179 g/mol.